The monoisotopic (exact) mass is 471 g/mol. The van der Waals surface area contributed by atoms with Gasteiger partial charge in [0.1, 0.15) is 11.5 Å². The number of carbonyl (C=O) groups excluding carboxylic acids is 1. The van der Waals surface area contributed by atoms with E-state index in [1.54, 1.807) is 46.0 Å². The Morgan fingerprint density at radius 2 is 2.00 bits per heavy atom. The summed E-state index contributed by atoms with van der Waals surface area (Å²) in [5, 5.41) is 10.2. The maximum Gasteiger partial charge on any atom is 0.324 e. The molecule has 0 unspecified atom stereocenters. The van der Waals surface area contributed by atoms with E-state index in [-0.39, 0.29) is 18.5 Å². The zero-order chi connectivity index (χ0) is 23.7. The first-order chi connectivity index (χ1) is 16.5. The summed E-state index contributed by atoms with van der Waals surface area (Å²) in [5.74, 6) is -1.24. The number of piperazine rings is 1. The number of pyridine rings is 1. The molecule has 1 aromatic carbocycles. The Hall–Kier alpha value is -3.93. The fourth-order valence-electron chi connectivity index (χ4n) is 3.79. The molecule has 176 valence electrons. The Morgan fingerprint density at radius 3 is 2.74 bits per heavy atom. The van der Waals surface area contributed by atoms with Crippen LogP contribution in [0.15, 0.2) is 53.2 Å². The molecule has 0 spiro atoms. The number of aromatic nitrogens is 4. The minimum Gasteiger partial charge on any atom is -0.415 e. The van der Waals surface area contributed by atoms with Gasteiger partial charge >= 0.3 is 12.5 Å². The van der Waals surface area contributed by atoms with Crippen LogP contribution in [-0.4, -0.2) is 56.7 Å². The third kappa shape index (κ3) is 4.44. The van der Waals surface area contributed by atoms with Crippen LogP contribution in [-0.2, 0) is 6.54 Å². The number of nitrogens with zero attached hydrogens (tertiary/aromatic N) is 6. The lowest BCUT2D eigenvalue weighted by Gasteiger charge is -2.33. The molecule has 0 bridgehead atoms. The van der Waals surface area contributed by atoms with Gasteiger partial charge < -0.3 is 19.0 Å². The summed E-state index contributed by atoms with van der Waals surface area (Å²) in [6.07, 6.45) is 0.567. The Morgan fingerprint density at radius 1 is 1.18 bits per heavy atom. The van der Waals surface area contributed by atoms with Crippen molar-refractivity contribution in [2.45, 2.75) is 13.0 Å². The number of urea groups is 1. The number of hydrogen-bond acceptors (Lipinski definition) is 6. The SMILES string of the molecule is O=C(N1CCNCC1)N(Cc1cn2ccc(-c3nnc(C(F)F)o3)cc2n1)c1cccc(F)c1. The van der Waals surface area contributed by atoms with E-state index in [0.717, 1.165) is 0 Å². The van der Waals surface area contributed by atoms with E-state index in [9.17, 15) is 18.0 Å². The van der Waals surface area contributed by atoms with Gasteiger partial charge in [-0.15, -0.1) is 10.2 Å². The van der Waals surface area contributed by atoms with E-state index >= 15 is 0 Å². The third-order valence-corrected chi connectivity index (χ3v) is 5.44. The lowest BCUT2D eigenvalue weighted by Crippen LogP contribution is -2.51. The van der Waals surface area contributed by atoms with Crippen molar-refractivity contribution in [1.29, 1.82) is 0 Å². The highest BCUT2D eigenvalue weighted by molar-refractivity contribution is 5.92. The standard InChI is InChI=1S/C22H20F3N7O2/c23-15-2-1-3-17(11-15)32(22(33)30-8-5-26-6-9-30)13-16-12-31-7-4-14(10-18(31)27-16)20-28-29-21(34-20)19(24)25/h1-4,7,10-12,19,26H,5-6,8-9,13H2. The number of hydrogen-bond donors (Lipinski definition) is 1. The molecule has 1 saturated heterocycles. The van der Waals surface area contributed by atoms with Crippen LogP contribution in [0, 0.1) is 5.82 Å². The van der Waals surface area contributed by atoms with Gasteiger partial charge in [-0.1, -0.05) is 6.07 Å². The van der Waals surface area contributed by atoms with Crippen LogP contribution in [0.5, 0.6) is 0 Å². The number of amides is 2. The van der Waals surface area contributed by atoms with E-state index < -0.39 is 18.1 Å². The van der Waals surface area contributed by atoms with Crippen molar-refractivity contribution in [1.82, 2.24) is 29.8 Å². The molecule has 2 amide bonds. The molecule has 12 heteroatoms. The molecule has 34 heavy (non-hydrogen) atoms. The predicted molar refractivity (Wildman–Crippen MR) is 116 cm³/mol. The van der Waals surface area contributed by atoms with E-state index in [2.05, 4.69) is 20.5 Å². The van der Waals surface area contributed by atoms with Gasteiger partial charge in [-0.05, 0) is 30.3 Å². The number of benzene rings is 1. The number of imidazole rings is 1. The van der Waals surface area contributed by atoms with Gasteiger partial charge in [0.2, 0.25) is 5.89 Å². The minimum atomic E-state index is -2.86. The fraction of sp³-hybridized carbons (Fsp3) is 0.273. The van der Waals surface area contributed by atoms with Gasteiger partial charge in [0.25, 0.3) is 5.89 Å². The molecular weight excluding hydrogens is 451 g/mol. The molecule has 4 aromatic rings. The minimum absolute atomic E-state index is 0.0439. The first-order valence-corrected chi connectivity index (χ1v) is 10.6. The molecule has 1 fully saturated rings. The lowest BCUT2D eigenvalue weighted by atomic mass is 10.2. The highest BCUT2D eigenvalue weighted by atomic mass is 19.3. The van der Waals surface area contributed by atoms with Gasteiger partial charge in [0, 0.05) is 49.8 Å². The maximum atomic E-state index is 13.9. The van der Waals surface area contributed by atoms with Crippen molar-refractivity contribution in [2.75, 3.05) is 31.1 Å². The zero-order valence-electron chi connectivity index (χ0n) is 17.9. The van der Waals surface area contributed by atoms with Crippen molar-refractivity contribution in [3.05, 3.63) is 66.2 Å². The molecular formula is C22H20F3N7O2. The van der Waals surface area contributed by atoms with E-state index in [1.807, 2.05) is 0 Å². The molecule has 1 N–H and O–H groups in total. The van der Waals surface area contributed by atoms with Gasteiger partial charge in [0.05, 0.1) is 12.2 Å². The van der Waals surface area contributed by atoms with Gasteiger partial charge in [0.15, 0.2) is 0 Å². The molecule has 3 aromatic heterocycles. The zero-order valence-corrected chi connectivity index (χ0v) is 17.9. The first-order valence-electron chi connectivity index (χ1n) is 10.6. The summed E-state index contributed by atoms with van der Waals surface area (Å²) in [6, 6.07) is 8.87. The molecule has 0 atom stereocenters. The number of fused-ring (bicyclic) bond motifs is 1. The molecule has 0 aliphatic carbocycles. The summed E-state index contributed by atoms with van der Waals surface area (Å²) in [5.41, 5.74) is 1.91. The van der Waals surface area contributed by atoms with E-state index in [4.69, 9.17) is 4.42 Å². The highest BCUT2D eigenvalue weighted by Crippen LogP contribution is 2.25. The van der Waals surface area contributed by atoms with Crippen LogP contribution in [0.1, 0.15) is 18.0 Å². The van der Waals surface area contributed by atoms with Gasteiger partial charge in [-0.2, -0.15) is 8.78 Å². The highest BCUT2D eigenvalue weighted by Gasteiger charge is 2.25. The number of anilines is 1. The van der Waals surface area contributed by atoms with Crippen molar-refractivity contribution in [3.8, 4) is 11.5 Å². The number of nitrogens with one attached hydrogen (secondary N) is 1. The van der Waals surface area contributed by atoms with Crippen molar-refractivity contribution in [2.24, 2.45) is 0 Å². The van der Waals surface area contributed by atoms with Crippen LogP contribution >= 0.6 is 0 Å². The molecule has 9 nitrogen and oxygen atoms in total. The fourth-order valence-corrected chi connectivity index (χ4v) is 3.79. The van der Waals surface area contributed by atoms with Gasteiger partial charge in [-0.25, -0.2) is 14.2 Å². The molecule has 0 saturated carbocycles. The average Bonchev–Trinajstić information content (AvgIpc) is 3.49. The largest absolute Gasteiger partial charge is 0.415 e. The number of carbonyl (C=O) groups is 1. The van der Waals surface area contributed by atoms with Crippen molar-refractivity contribution < 1.29 is 22.4 Å². The molecule has 1 aliphatic rings. The smallest absolute Gasteiger partial charge is 0.324 e. The van der Waals surface area contributed by atoms with Crippen LogP contribution < -0.4 is 10.2 Å². The Kier molecular flexibility index (Phi) is 5.88. The van der Waals surface area contributed by atoms with Crippen LogP contribution in [0.4, 0.5) is 23.7 Å². The topological polar surface area (TPSA) is 91.8 Å². The van der Waals surface area contributed by atoms with Gasteiger partial charge in [-0.3, -0.25) is 4.90 Å². The van der Waals surface area contributed by atoms with Crippen LogP contribution in [0.25, 0.3) is 17.1 Å². The normalized spacial score (nSPS) is 14.2. The molecule has 0 radical (unpaired) electrons. The second-order valence-electron chi connectivity index (χ2n) is 7.74. The molecule has 4 heterocycles. The van der Waals surface area contributed by atoms with E-state index in [0.29, 0.717) is 48.8 Å². The Bertz CT molecular complexity index is 1320. The number of rotatable bonds is 5. The second kappa shape index (κ2) is 9.14. The average molecular weight is 471 g/mol. The number of halogens is 3. The first kappa shape index (κ1) is 21.9. The van der Waals surface area contributed by atoms with Crippen molar-refractivity contribution in [3.63, 3.8) is 0 Å². The summed E-state index contributed by atoms with van der Waals surface area (Å²) in [4.78, 5) is 21.1. The summed E-state index contributed by atoms with van der Waals surface area (Å²) in [7, 11) is 0. The quantitative estimate of drug-likeness (QED) is 0.479. The second-order valence-corrected chi connectivity index (χ2v) is 7.74. The lowest BCUT2D eigenvalue weighted by molar-refractivity contribution is 0.116. The summed E-state index contributed by atoms with van der Waals surface area (Å²) >= 11 is 0. The Labute approximate surface area is 191 Å². The molecule has 1 aliphatic heterocycles. The molecule has 5 rings (SSSR count). The summed E-state index contributed by atoms with van der Waals surface area (Å²) < 4.78 is 46.2. The van der Waals surface area contributed by atoms with Crippen LogP contribution in [0.2, 0.25) is 0 Å². The Balaban J connectivity index is 1.44. The summed E-state index contributed by atoms with van der Waals surface area (Å²) in [6.45, 7) is 2.57. The number of alkyl halides is 2. The third-order valence-electron chi connectivity index (χ3n) is 5.44. The predicted octanol–water partition coefficient (Wildman–Crippen LogP) is 3.49. The van der Waals surface area contributed by atoms with E-state index in [1.165, 1.54) is 17.0 Å². The van der Waals surface area contributed by atoms with Crippen molar-refractivity contribution >= 4 is 17.4 Å². The maximum absolute atomic E-state index is 13.9. The van der Waals surface area contributed by atoms with Crippen LogP contribution in [0.3, 0.4) is 0 Å².